The Labute approximate surface area is 420 Å². The van der Waals surface area contributed by atoms with Crippen molar-refractivity contribution in [3.05, 3.63) is 65.7 Å². The number of phenols is 1. The molecule has 17 N–H and O–H groups in total. The first-order valence-electron chi connectivity index (χ1n) is 23.4. The molecule has 0 saturated carbocycles. The van der Waals surface area contributed by atoms with Crippen LogP contribution in [-0.2, 0) is 65.5 Å². The van der Waals surface area contributed by atoms with E-state index >= 15 is 0 Å². The quantitative estimate of drug-likeness (QED) is 0.0398. The van der Waals surface area contributed by atoms with Gasteiger partial charge in [0.1, 0.15) is 66.4 Å². The van der Waals surface area contributed by atoms with Gasteiger partial charge in [-0.1, -0.05) is 70.2 Å². The predicted molar refractivity (Wildman–Crippen MR) is 256 cm³/mol. The average molecular weight is 1030 g/mol. The molecule has 13 atom stereocenters. The predicted octanol–water partition coefficient (Wildman–Crippen LogP) is -4.97. The summed E-state index contributed by atoms with van der Waals surface area (Å²) < 4.78 is 11.0. The van der Waals surface area contributed by atoms with Crippen LogP contribution in [0.5, 0.6) is 5.75 Å². The van der Waals surface area contributed by atoms with Crippen molar-refractivity contribution < 1.29 is 83.3 Å². The Bertz CT molecular complexity index is 2220. The van der Waals surface area contributed by atoms with Gasteiger partial charge in [-0.25, -0.2) is 0 Å². The SMILES string of the molecule is CC(C)[C@H](NC(=O)[C@H](CC(=O)O)NC(=O)[C@H](Cc1ccccc1)NC(=O)[C@@H](C)NC(=O)[C@@H](N)Cc1ccc(O)cc1)C(=O)N[C@H](C(=O)N[C@H](C(=O)NCC(N)=O)[C@@H](C)OC1OC(CO)C(O)C(O)C1O)C(C)C. The van der Waals surface area contributed by atoms with Crippen molar-refractivity contribution in [2.45, 2.75) is 140 Å². The maximum Gasteiger partial charge on any atom is 0.305 e. The molecular formula is C47H69N9O17. The van der Waals surface area contributed by atoms with Crippen molar-refractivity contribution in [2.24, 2.45) is 23.3 Å². The maximum absolute atomic E-state index is 14.0. The smallest absolute Gasteiger partial charge is 0.305 e. The number of nitrogens with one attached hydrogen (secondary N) is 7. The maximum atomic E-state index is 14.0. The third-order valence-electron chi connectivity index (χ3n) is 11.6. The summed E-state index contributed by atoms with van der Waals surface area (Å²) in [6.45, 7) is 7.17. The van der Waals surface area contributed by atoms with Crippen molar-refractivity contribution >= 4 is 53.2 Å². The number of hydrogen-bond acceptors (Lipinski definition) is 17. The van der Waals surface area contributed by atoms with Crippen LogP contribution in [0.3, 0.4) is 0 Å². The van der Waals surface area contributed by atoms with Crippen LogP contribution in [0.4, 0.5) is 0 Å². The Kier molecular flexibility index (Phi) is 23.6. The van der Waals surface area contributed by atoms with Crippen LogP contribution in [0.25, 0.3) is 0 Å². The Balaban J connectivity index is 1.81. The average Bonchev–Trinajstić information content (AvgIpc) is 3.33. The van der Waals surface area contributed by atoms with Crippen LogP contribution in [-0.4, -0.2) is 176 Å². The van der Waals surface area contributed by atoms with Gasteiger partial charge in [0.15, 0.2) is 6.29 Å². The highest BCUT2D eigenvalue weighted by molar-refractivity contribution is 5.98. The first kappa shape index (κ1) is 60.5. The Morgan fingerprint density at radius 1 is 0.616 bits per heavy atom. The van der Waals surface area contributed by atoms with Gasteiger partial charge in [0.2, 0.25) is 47.3 Å². The Morgan fingerprint density at radius 3 is 1.67 bits per heavy atom. The molecule has 1 saturated heterocycles. The van der Waals surface area contributed by atoms with Gasteiger partial charge < -0.3 is 88.8 Å². The minimum Gasteiger partial charge on any atom is -0.508 e. The minimum absolute atomic E-state index is 0.0146. The van der Waals surface area contributed by atoms with Crippen molar-refractivity contribution in [3.63, 3.8) is 0 Å². The van der Waals surface area contributed by atoms with E-state index in [0.29, 0.717) is 11.1 Å². The molecule has 1 aliphatic rings. The van der Waals surface area contributed by atoms with Gasteiger partial charge in [-0.2, -0.15) is 0 Å². The van der Waals surface area contributed by atoms with Crippen LogP contribution in [0.15, 0.2) is 54.6 Å². The summed E-state index contributed by atoms with van der Waals surface area (Å²) in [5, 5.41) is 76.9. The van der Waals surface area contributed by atoms with E-state index in [1.807, 2.05) is 0 Å². The highest BCUT2D eigenvalue weighted by atomic mass is 16.7. The van der Waals surface area contributed by atoms with Gasteiger partial charge in [0.05, 0.1) is 31.7 Å². The second-order valence-electron chi connectivity index (χ2n) is 18.3. The molecule has 26 heteroatoms. The molecule has 1 fully saturated rings. The zero-order valence-corrected chi connectivity index (χ0v) is 41.2. The van der Waals surface area contributed by atoms with E-state index in [0.717, 1.165) is 0 Å². The number of aromatic hydroxyl groups is 1. The van der Waals surface area contributed by atoms with Gasteiger partial charge in [-0.3, -0.25) is 43.2 Å². The summed E-state index contributed by atoms with van der Waals surface area (Å²) in [6, 6.07) is 3.98. The fourth-order valence-electron chi connectivity index (χ4n) is 7.34. The first-order chi connectivity index (χ1) is 34.2. The van der Waals surface area contributed by atoms with Crippen molar-refractivity contribution in [1.29, 1.82) is 0 Å². The first-order valence-corrected chi connectivity index (χ1v) is 23.4. The number of aliphatic hydroxyl groups excluding tert-OH is 4. The van der Waals surface area contributed by atoms with E-state index in [1.165, 1.54) is 53.7 Å². The number of primary amides is 1. The van der Waals surface area contributed by atoms with Crippen LogP contribution in [0, 0.1) is 11.8 Å². The molecular weight excluding hydrogens is 963 g/mol. The molecule has 0 spiro atoms. The summed E-state index contributed by atoms with van der Waals surface area (Å²) in [7, 11) is 0. The highest BCUT2D eigenvalue weighted by Crippen LogP contribution is 2.24. The number of aliphatic hydroxyl groups is 4. The lowest BCUT2D eigenvalue weighted by Crippen LogP contribution is -2.63. The number of phenolic OH excluding ortho intramolecular Hbond substituents is 1. The fourth-order valence-corrected chi connectivity index (χ4v) is 7.34. The van der Waals surface area contributed by atoms with Gasteiger partial charge in [-0.05, 0) is 55.4 Å². The molecule has 2 aromatic carbocycles. The van der Waals surface area contributed by atoms with Gasteiger partial charge in [0.25, 0.3) is 0 Å². The topological polar surface area (TPSA) is 430 Å². The Hall–Kier alpha value is -6.81. The molecule has 5 unspecified atom stereocenters. The molecule has 1 heterocycles. The molecule has 8 amide bonds. The second-order valence-corrected chi connectivity index (χ2v) is 18.3. The number of carboxylic acids is 1. The van der Waals surface area contributed by atoms with E-state index in [2.05, 4.69) is 37.2 Å². The van der Waals surface area contributed by atoms with Gasteiger partial charge in [-0.15, -0.1) is 0 Å². The van der Waals surface area contributed by atoms with Gasteiger partial charge in [0, 0.05) is 6.42 Å². The van der Waals surface area contributed by atoms with Gasteiger partial charge >= 0.3 is 5.97 Å². The number of benzene rings is 2. The molecule has 73 heavy (non-hydrogen) atoms. The normalized spacial score (nSPS) is 20.9. The molecule has 0 bridgehead atoms. The largest absolute Gasteiger partial charge is 0.508 e. The minimum atomic E-state index is -1.90. The highest BCUT2D eigenvalue weighted by Gasteiger charge is 2.46. The number of ether oxygens (including phenoxy) is 2. The molecule has 3 rings (SSSR count). The van der Waals surface area contributed by atoms with E-state index in [1.54, 1.807) is 42.5 Å². The van der Waals surface area contributed by atoms with Crippen molar-refractivity contribution in [3.8, 4) is 5.75 Å². The summed E-state index contributed by atoms with van der Waals surface area (Å²) in [5.74, 6) is -10.7. The number of hydrogen-bond donors (Lipinski definition) is 15. The molecule has 26 nitrogen and oxygen atoms in total. The van der Waals surface area contributed by atoms with Crippen molar-refractivity contribution in [1.82, 2.24) is 37.2 Å². The van der Waals surface area contributed by atoms with Crippen LogP contribution >= 0.6 is 0 Å². The van der Waals surface area contributed by atoms with E-state index in [-0.39, 0.29) is 18.6 Å². The van der Waals surface area contributed by atoms with Crippen LogP contribution in [0.2, 0.25) is 0 Å². The van der Waals surface area contributed by atoms with Crippen LogP contribution in [0.1, 0.15) is 59.1 Å². The molecule has 0 aromatic heterocycles. The summed E-state index contributed by atoms with van der Waals surface area (Å²) >= 11 is 0. The number of carbonyl (C=O) groups excluding carboxylic acids is 8. The number of carbonyl (C=O) groups is 9. The second kappa shape index (κ2) is 28.4. The number of amides is 8. The monoisotopic (exact) mass is 1030 g/mol. The third-order valence-corrected chi connectivity index (χ3v) is 11.6. The molecule has 404 valence electrons. The molecule has 1 aliphatic heterocycles. The lowest BCUT2D eigenvalue weighted by Gasteiger charge is -2.41. The third kappa shape index (κ3) is 18.6. The van der Waals surface area contributed by atoms with E-state index in [9.17, 15) is 73.8 Å². The van der Waals surface area contributed by atoms with E-state index in [4.69, 9.17) is 20.9 Å². The lowest BCUT2D eigenvalue weighted by atomic mass is 9.98. The zero-order valence-electron chi connectivity index (χ0n) is 41.2. The molecule has 0 radical (unpaired) electrons. The van der Waals surface area contributed by atoms with Crippen molar-refractivity contribution in [2.75, 3.05) is 13.2 Å². The standard InChI is InChI=1S/C47H69N9O17/c1-21(2)34(45(70)55-35(22(3)4)46(71)56-36(44(69)50-19-32(49)59)24(6)72-47-39(64)38(63)37(62)31(20-57)73-47)54-43(68)30(18-33(60)61)53-42(67)29(17-25-10-8-7-9-11-25)52-40(65)23(5)51-41(66)28(48)16-26-12-14-27(58)15-13-26/h7-15,21-24,28-31,34-39,47,57-58,62-64H,16-20,48H2,1-6H3,(H2,49,59)(H,50,69)(H,51,66)(H,52,65)(H,53,67)(H,54,68)(H,55,70)(H,56,71)(H,60,61)/t23-,24-,28+,29+,30+,31?,34+,35+,36+,37?,38?,39?,47?/m1/s1. The summed E-state index contributed by atoms with van der Waals surface area (Å²) in [5.41, 5.74) is 12.4. The lowest BCUT2D eigenvalue weighted by molar-refractivity contribution is -0.311. The summed E-state index contributed by atoms with van der Waals surface area (Å²) in [6.07, 6.45) is -11.2. The fraction of sp³-hybridized carbons (Fsp3) is 0.553. The molecule has 2 aromatic rings. The Morgan fingerprint density at radius 2 is 1.14 bits per heavy atom. The number of rotatable bonds is 27. The number of nitrogens with two attached hydrogens (primary N) is 2. The van der Waals surface area contributed by atoms with E-state index < -0.39 is 164 Å². The molecule has 0 aliphatic carbocycles. The number of carboxylic acid groups (broad SMARTS) is 1. The number of aliphatic carboxylic acids is 1. The zero-order chi connectivity index (χ0) is 54.9. The van der Waals surface area contributed by atoms with Crippen LogP contribution < -0.4 is 48.7 Å². The summed E-state index contributed by atoms with van der Waals surface area (Å²) in [4.78, 5) is 119.